The molecule has 0 unspecified atom stereocenters. The first-order valence-electron chi connectivity index (χ1n) is 5.80. The number of hydrogen-bond donors (Lipinski definition) is 1. The molecule has 1 aromatic carbocycles. The first-order chi connectivity index (χ1) is 8.42. The maximum atomic E-state index is 11.8. The highest BCUT2D eigenvalue weighted by Crippen LogP contribution is 2.33. The minimum Gasteiger partial charge on any atom is -0.369 e. The number of benzene rings is 1. The summed E-state index contributed by atoms with van der Waals surface area (Å²) in [6.07, 6.45) is 1.11. The standard InChI is InChI=1S/C13H16BrN3O/c1-13(9-4-3-5-10(14)8-9)7-6-11(18)17(2)12(15)16-13/h3-5,8H,6-7H2,1-2H3,(H2,15,16)/t13-/m0/s1. The molecule has 0 saturated carbocycles. The number of amides is 1. The zero-order valence-corrected chi connectivity index (χ0v) is 12.1. The van der Waals surface area contributed by atoms with Crippen LogP contribution in [-0.4, -0.2) is 23.8 Å². The molecule has 1 aliphatic heterocycles. The van der Waals surface area contributed by atoms with E-state index >= 15 is 0 Å². The second kappa shape index (κ2) is 4.72. The number of nitrogens with two attached hydrogens (primary N) is 1. The van der Waals surface area contributed by atoms with Gasteiger partial charge < -0.3 is 5.73 Å². The first kappa shape index (κ1) is 13.1. The van der Waals surface area contributed by atoms with Crippen molar-refractivity contribution in [1.29, 1.82) is 0 Å². The Morgan fingerprint density at radius 1 is 1.50 bits per heavy atom. The Morgan fingerprint density at radius 3 is 2.89 bits per heavy atom. The van der Waals surface area contributed by atoms with Crippen LogP contribution in [0.1, 0.15) is 25.3 Å². The van der Waals surface area contributed by atoms with Crippen molar-refractivity contribution in [3.8, 4) is 0 Å². The van der Waals surface area contributed by atoms with Crippen LogP contribution in [-0.2, 0) is 10.3 Å². The summed E-state index contributed by atoms with van der Waals surface area (Å²) >= 11 is 3.45. The molecule has 4 nitrogen and oxygen atoms in total. The highest BCUT2D eigenvalue weighted by Gasteiger charge is 2.32. The van der Waals surface area contributed by atoms with Crippen LogP contribution in [0, 0.1) is 0 Å². The van der Waals surface area contributed by atoms with E-state index in [-0.39, 0.29) is 11.9 Å². The van der Waals surface area contributed by atoms with Crippen LogP contribution in [0.4, 0.5) is 0 Å². The minimum absolute atomic E-state index is 0.00923. The number of carbonyl (C=O) groups is 1. The highest BCUT2D eigenvalue weighted by molar-refractivity contribution is 9.10. The third-order valence-corrected chi connectivity index (χ3v) is 3.84. The largest absolute Gasteiger partial charge is 0.369 e. The molecule has 0 radical (unpaired) electrons. The molecule has 0 spiro atoms. The van der Waals surface area contributed by atoms with Gasteiger partial charge in [-0.3, -0.25) is 9.69 Å². The van der Waals surface area contributed by atoms with Gasteiger partial charge >= 0.3 is 0 Å². The molecule has 1 atom stereocenters. The van der Waals surface area contributed by atoms with Gasteiger partial charge in [-0.1, -0.05) is 28.1 Å². The van der Waals surface area contributed by atoms with Gasteiger partial charge in [0.05, 0.1) is 5.54 Å². The predicted octanol–water partition coefficient (Wildman–Crippen LogP) is 2.23. The monoisotopic (exact) mass is 309 g/mol. The van der Waals surface area contributed by atoms with E-state index in [1.54, 1.807) is 7.05 Å². The van der Waals surface area contributed by atoms with Crippen LogP contribution >= 0.6 is 15.9 Å². The normalized spacial score (nSPS) is 24.7. The maximum Gasteiger partial charge on any atom is 0.229 e. The fraction of sp³-hybridized carbons (Fsp3) is 0.385. The summed E-state index contributed by atoms with van der Waals surface area (Å²) < 4.78 is 0.999. The van der Waals surface area contributed by atoms with Crippen LogP contribution in [0.2, 0.25) is 0 Å². The van der Waals surface area contributed by atoms with Crippen molar-refractivity contribution >= 4 is 27.8 Å². The molecule has 1 amide bonds. The molecule has 5 heteroatoms. The third kappa shape index (κ3) is 2.41. The van der Waals surface area contributed by atoms with Crippen LogP contribution in [0.3, 0.4) is 0 Å². The molecule has 0 fully saturated rings. The molecule has 96 valence electrons. The number of carbonyl (C=O) groups excluding carboxylic acids is 1. The van der Waals surface area contributed by atoms with E-state index in [9.17, 15) is 4.79 Å². The van der Waals surface area contributed by atoms with Crippen molar-refractivity contribution in [3.63, 3.8) is 0 Å². The van der Waals surface area contributed by atoms with E-state index in [0.717, 1.165) is 10.0 Å². The van der Waals surface area contributed by atoms with Gasteiger partial charge in [0.15, 0.2) is 5.96 Å². The molecule has 2 rings (SSSR count). The Morgan fingerprint density at radius 2 is 2.22 bits per heavy atom. The molecular formula is C13H16BrN3O. The molecule has 0 bridgehead atoms. The molecule has 0 aromatic heterocycles. The van der Waals surface area contributed by atoms with E-state index < -0.39 is 5.54 Å². The summed E-state index contributed by atoms with van der Waals surface area (Å²) in [4.78, 5) is 17.7. The zero-order chi connectivity index (χ0) is 13.3. The summed E-state index contributed by atoms with van der Waals surface area (Å²) in [6.45, 7) is 2.01. The average Bonchev–Trinajstić information content (AvgIpc) is 2.43. The van der Waals surface area contributed by atoms with E-state index in [2.05, 4.69) is 20.9 Å². The number of nitrogens with zero attached hydrogens (tertiary/aromatic N) is 2. The zero-order valence-electron chi connectivity index (χ0n) is 10.5. The van der Waals surface area contributed by atoms with Crippen molar-refractivity contribution in [3.05, 3.63) is 34.3 Å². The molecule has 18 heavy (non-hydrogen) atoms. The van der Waals surface area contributed by atoms with E-state index in [0.29, 0.717) is 12.8 Å². The van der Waals surface area contributed by atoms with Crippen molar-refractivity contribution in [2.75, 3.05) is 7.05 Å². The van der Waals surface area contributed by atoms with Gasteiger partial charge in [0, 0.05) is 17.9 Å². The van der Waals surface area contributed by atoms with Crippen molar-refractivity contribution in [1.82, 2.24) is 4.90 Å². The Bertz CT molecular complexity index is 515. The van der Waals surface area contributed by atoms with Gasteiger partial charge in [-0.2, -0.15) is 0 Å². The number of guanidine groups is 1. The Labute approximate surface area is 115 Å². The smallest absolute Gasteiger partial charge is 0.229 e. The summed E-state index contributed by atoms with van der Waals surface area (Å²) in [5.41, 5.74) is 6.47. The topological polar surface area (TPSA) is 58.7 Å². The van der Waals surface area contributed by atoms with Crippen molar-refractivity contribution in [2.45, 2.75) is 25.3 Å². The SMILES string of the molecule is CN1C(=O)CC[C@@](C)(c2cccc(Br)c2)N=C1N. The molecule has 0 saturated heterocycles. The van der Waals surface area contributed by atoms with Crippen molar-refractivity contribution in [2.24, 2.45) is 10.7 Å². The molecule has 0 aliphatic carbocycles. The molecule has 2 N–H and O–H groups in total. The lowest BCUT2D eigenvalue weighted by Gasteiger charge is -2.24. The molecule has 1 aromatic rings. The van der Waals surface area contributed by atoms with Crippen LogP contribution < -0.4 is 5.73 Å². The predicted molar refractivity (Wildman–Crippen MR) is 75.1 cm³/mol. The van der Waals surface area contributed by atoms with Gasteiger partial charge in [0.25, 0.3) is 0 Å². The van der Waals surface area contributed by atoms with Crippen molar-refractivity contribution < 1.29 is 4.79 Å². The fourth-order valence-corrected chi connectivity index (χ4v) is 2.46. The summed E-state index contributed by atoms with van der Waals surface area (Å²) in [5.74, 6) is 0.287. The minimum atomic E-state index is -0.450. The van der Waals surface area contributed by atoms with Crippen LogP contribution in [0.5, 0.6) is 0 Å². The quantitative estimate of drug-likeness (QED) is 0.865. The maximum absolute atomic E-state index is 11.8. The van der Waals surface area contributed by atoms with Gasteiger partial charge in [-0.05, 0) is 31.0 Å². The van der Waals surface area contributed by atoms with E-state index in [4.69, 9.17) is 5.73 Å². The second-order valence-electron chi connectivity index (χ2n) is 4.71. The van der Waals surface area contributed by atoms with Crippen LogP contribution in [0.25, 0.3) is 0 Å². The Hall–Kier alpha value is -1.36. The van der Waals surface area contributed by atoms with Gasteiger partial charge in [0.2, 0.25) is 5.91 Å². The number of halogens is 1. The second-order valence-corrected chi connectivity index (χ2v) is 5.62. The van der Waals surface area contributed by atoms with Gasteiger partial charge in [-0.15, -0.1) is 0 Å². The summed E-state index contributed by atoms with van der Waals surface area (Å²) in [7, 11) is 1.66. The highest BCUT2D eigenvalue weighted by atomic mass is 79.9. The first-order valence-corrected chi connectivity index (χ1v) is 6.59. The number of rotatable bonds is 1. The summed E-state index contributed by atoms with van der Waals surface area (Å²) in [6, 6.07) is 7.96. The number of aliphatic imine (C=N–C) groups is 1. The lowest BCUT2D eigenvalue weighted by Crippen LogP contribution is -2.38. The Balaban J connectivity index is 2.45. The van der Waals surface area contributed by atoms with E-state index in [1.807, 2.05) is 31.2 Å². The van der Waals surface area contributed by atoms with Crippen LogP contribution in [0.15, 0.2) is 33.7 Å². The molecule has 1 aliphatic rings. The lowest BCUT2D eigenvalue weighted by atomic mass is 9.88. The Kier molecular flexibility index (Phi) is 3.43. The fourth-order valence-electron chi connectivity index (χ4n) is 2.06. The van der Waals surface area contributed by atoms with E-state index in [1.165, 1.54) is 4.90 Å². The molecule has 1 heterocycles. The lowest BCUT2D eigenvalue weighted by molar-refractivity contribution is -0.126. The molecular weight excluding hydrogens is 294 g/mol. The third-order valence-electron chi connectivity index (χ3n) is 3.35. The van der Waals surface area contributed by atoms with Gasteiger partial charge in [0.1, 0.15) is 0 Å². The number of hydrogen-bond acceptors (Lipinski definition) is 3. The van der Waals surface area contributed by atoms with Gasteiger partial charge in [-0.25, -0.2) is 4.99 Å². The average molecular weight is 310 g/mol. The summed E-state index contributed by atoms with van der Waals surface area (Å²) in [5, 5.41) is 0.